The van der Waals surface area contributed by atoms with Gasteiger partial charge in [-0.15, -0.1) is 0 Å². The minimum atomic E-state index is -4.64. The molecule has 1 saturated heterocycles. The molecule has 2 unspecified atom stereocenters. The molecule has 0 aromatic heterocycles. The van der Waals surface area contributed by atoms with E-state index >= 15 is 0 Å². The molecule has 1 N–H and O–H groups in total. The molecule has 2 nitrogen and oxygen atoms in total. The first-order valence-corrected chi connectivity index (χ1v) is 6.02. The van der Waals surface area contributed by atoms with Crippen LogP contribution in [0.5, 0.6) is 0 Å². The van der Waals surface area contributed by atoms with Crippen LogP contribution >= 0.6 is 0 Å². The van der Waals surface area contributed by atoms with Gasteiger partial charge in [0.25, 0.3) is 0 Å². The number of halogens is 4. The Morgan fingerprint density at radius 1 is 1.32 bits per heavy atom. The van der Waals surface area contributed by atoms with Crippen molar-refractivity contribution in [2.24, 2.45) is 5.92 Å². The molecule has 106 valence electrons. The lowest BCUT2D eigenvalue weighted by Gasteiger charge is -2.32. The van der Waals surface area contributed by atoms with Crippen LogP contribution in [-0.4, -0.2) is 18.3 Å². The van der Waals surface area contributed by atoms with Crippen molar-refractivity contribution in [2.45, 2.75) is 25.1 Å². The zero-order valence-electron chi connectivity index (χ0n) is 10.1. The van der Waals surface area contributed by atoms with Gasteiger partial charge in [-0.25, -0.2) is 4.39 Å². The quantitative estimate of drug-likeness (QED) is 0.841. The third-order valence-corrected chi connectivity index (χ3v) is 3.31. The van der Waals surface area contributed by atoms with Crippen LogP contribution in [0.1, 0.15) is 30.1 Å². The zero-order chi connectivity index (χ0) is 14.0. The smallest absolute Gasteiger partial charge is 0.396 e. The molecule has 0 saturated carbocycles. The normalized spacial score (nSPS) is 24.5. The molecule has 1 aliphatic rings. The van der Waals surface area contributed by atoms with Gasteiger partial charge in [0.2, 0.25) is 0 Å². The van der Waals surface area contributed by atoms with Crippen LogP contribution in [0.25, 0.3) is 0 Å². The van der Waals surface area contributed by atoms with Crippen LogP contribution in [0.4, 0.5) is 17.6 Å². The molecule has 1 aliphatic heterocycles. The number of alkyl halides is 3. The summed E-state index contributed by atoms with van der Waals surface area (Å²) in [6.07, 6.45) is -4.19. The van der Waals surface area contributed by atoms with Crippen molar-refractivity contribution in [2.75, 3.05) is 13.2 Å². The van der Waals surface area contributed by atoms with E-state index in [9.17, 15) is 22.7 Å². The van der Waals surface area contributed by atoms with Crippen LogP contribution in [0.2, 0.25) is 0 Å². The topological polar surface area (TPSA) is 29.5 Å². The number of benzene rings is 1. The highest BCUT2D eigenvalue weighted by atomic mass is 19.4. The molecule has 1 fully saturated rings. The fourth-order valence-corrected chi connectivity index (χ4v) is 2.40. The number of aliphatic hydroxyl groups excluding tert-OH is 1. The first kappa shape index (κ1) is 14.3. The van der Waals surface area contributed by atoms with Crippen LogP contribution in [-0.2, 0) is 10.9 Å². The third-order valence-electron chi connectivity index (χ3n) is 3.31. The summed E-state index contributed by atoms with van der Waals surface area (Å²) in [4.78, 5) is 0. The van der Waals surface area contributed by atoms with Gasteiger partial charge in [0.1, 0.15) is 5.82 Å². The zero-order valence-corrected chi connectivity index (χ0v) is 10.1. The van der Waals surface area contributed by atoms with E-state index in [-0.39, 0.29) is 18.1 Å². The van der Waals surface area contributed by atoms with Gasteiger partial charge in [0.05, 0.1) is 11.7 Å². The van der Waals surface area contributed by atoms with Crippen molar-refractivity contribution in [1.29, 1.82) is 0 Å². The Kier molecular flexibility index (Phi) is 4.10. The van der Waals surface area contributed by atoms with Gasteiger partial charge in [-0.05, 0) is 30.5 Å². The molecular weight excluding hydrogens is 264 g/mol. The minimum absolute atomic E-state index is 0.104. The van der Waals surface area contributed by atoms with Gasteiger partial charge >= 0.3 is 6.18 Å². The first-order chi connectivity index (χ1) is 8.93. The van der Waals surface area contributed by atoms with Gasteiger partial charge < -0.3 is 9.84 Å². The number of hydrogen-bond acceptors (Lipinski definition) is 2. The molecule has 1 aromatic carbocycles. The Hall–Kier alpha value is -1.14. The monoisotopic (exact) mass is 278 g/mol. The maximum atomic E-state index is 13.0. The summed E-state index contributed by atoms with van der Waals surface area (Å²) in [5.74, 6) is -1.33. The van der Waals surface area contributed by atoms with Crippen molar-refractivity contribution < 1.29 is 27.4 Å². The fourth-order valence-electron chi connectivity index (χ4n) is 2.40. The average molecular weight is 278 g/mol. The van der Waals surface area contributed by atoms with Gasteiger partial charge in [-0.1, -0.05) is 6.07 Å². The standard InChI is InChI=1S/C13H14F4O2/c14-9-3-4-10(11(6-9)13(15,16)17)12-8(7-18)2-1-5-19-12/h3-4,6,8,12,18H,1-2,5,7H2. The van der Waals surface area contributed by atoms with Crippen molar-refractivity contribution in [3.05, 3.63) is 35.1 Å². The molecule has 19 heavy (non-hydrogen) atoms. The lowest BCUT2D eigenvalue weighted by molar-refractivity contribution is -0.141. The molecule has 2 atom stereocenters. The summed E-state index contributed by atoms with van der Waals surface area (Å²) >= 11 is 0. The largest absolute Gasteiger partial charge is 0.416 e. The Morgan fingerprint density at radius 2 is 2.05 bits per heavy atom. The summed E-state index contributed by atoms with van der Waals surface area (Å²) in [5, 5.41) is 9.24. The lowest BCUT2D eigenvalue weighted by Crippen LogP contribution is -2.27. The van der Waals surface area contributed by atoms with E-state index in [2.05, 4.69) is 0 Å². The second kappa shape index (κ2) is 5.46. The number of rotatable bonds is 2. The van der Waals surface area contributed by atoms with Crippen LogP contribution in [0.15, 0.2) is 18.2 Å². The number of aliphatic hydroxyl groups is 1. The van der Waals surface area contributed by atoms with E-state index in [1.165, 1.54) is 0 Å². The molecule has 1 aromatic rings. The van der Waals surface area contributed by atoms with Crippen molar-refractivity contribution >= 4 is 0 Å². The predicted octanol–water partition coefficient (Wildman–Crippen LogP) is 3.30. The SMILES string of the molecule is OCC1CCCOC1c1ccc(F)cc1C(F)(F)F. The van der Waals surface area contributed by atoms with Crippen LogP contribution in [0, 0.1) is 11.7 Å². The van der Waals surface area contributed by atoms with Crippen LogP contribution in [0.3, 0.4) is 0 Å². The second-order valence-corrected chi connectivity index (χ2v) is 4.61. The summed E-state index contributed by atoms with van der Waals surface area (Å²) in [6.45, 7) is 0.0924. The van der Waals surface area contributed by atoms with E-state index in [1.54, 1.807) is 0 Å². The second-order valence-electron chi connectivity index (χ2n) is 4.61. The van der Waals surface area contributed by atoms with E-state index in [0.29, 0.717) is 25.5 Å². The highest BCUT2D eigenvalue weighted by Gasteiger charge is 2.38. The van der Waals surface area contributed by atoms with Gasteiger partial charge in [-0.3, -0.25) is 0 Å². The number of ether oxygens (including phenoxy) is 1. The van der Waals surface area contributed by atoms with E-state index in [0.717, 1.165) is 12.1 Å². The van der Waals surface area contributed by atoms with E-state index in [1.807, 2.05) is 0 Å². The highest BCUT2D eigenvalue weighted by molar-refractivity contribution is 5.33. The fraction of sp³-hybridized carbons (Fsp3) is 0.538. The molecule has 0 radical (unpaired) electrons. The lowest BCUT2D eigenvalue weighted by atomic mass is 9.87. The summed E-state index contributed by atoms with van der Waals surface area (Å²) in [5.41, 5.74) is -1.13. The van der Waals surface area contributed by atoms with Crippen molar-refractivity contribution in [1.82, 2.24) is 0 Å². The van der Waals surface area contributed by atoms with E-state index in [4.69, 9.17) is 4.74 Å². The number of hydrogen-bond donors (Lipinski definition) is 1. The maximum Gasteiger partial charge on any atom is 0.416 e. The predicted molar refractivity (Wildman–Crippen MR) is 59.9 cm³/mol. The molecule has 0 aliphatic carbocycles. The molecule has 2 rings (SSSR count). The molecule has 6 heteroatoms. The van der Waals surface area contributed by atoms with E-state index < -0.39 is 23.7 Å². The summed E-state index contributed by atoms with van der Waals surface area (Å²) in [6, 6.07) is 2.55. The van der Waals surface area contributed by atoms with Gasteiger partial charge in [0.15, 0.2) is 0 Å². The van der Waals surface area contributed by atoms with Crippen molar-refractivity contribution in [3.8, 4) is 0 Å². The Bertz CT molecular complexity index is 445. The maximum absolute atomic E-state index is 13.0. The molecular formula is C13H14F4O2. The summed E-state index contributed by atoms with van der Waals surface area (Å²) in [7, 11) is 0. The highest BCUT2D eigenvalue weighted by Crippen LogP contribution is 2.41. The van der Waals surface area contributed by atoms with Crippen LogP contribution < -0.4 is 0 Å². The Labute approximate surface area is 108 Å². The molecule has 0 spiro atoms. The third kappa shape index (κ3) is 3.06. The van der Waals surface area contributed by atoms with Crippen molar-refractivity contribution in [3.63, 3.8) is 0 Å². The molecule has 0 amide bonds. The van der Waals surface area contributed by atoms with Gasteiger partial charge in [0, 0.05) is 19.1 Å². The molecule has 1 heterocycles. The van der Waals surface area contributed by atoms with Gasteiger partial charge in [-0.2, -0.15) is 13.2 Å². The Morgan fingerprint density at radius 3 is 2.68 bits per heavy atom. The molecule has 0 bridgehead atoms. The Balaban J connectivity index is 2.43. The average Bonchev–Trinajstić information content (AvgIpc) is 2.37. The minimum Gasteiger partial charge on any atom is -0.396 e. The summed E-state index contributed by atoms with van der Waals surface area (Å²) < 4.78 is 57.2. The first-order valence-electron chi connectivity index (χ1n) is 6.02.